The number of fused-ring (bicyclic) bond motifs is 1. The lowest BCUT2D eigenvalue weighted by Crippen LogP contribution is -2.36. The van der Waals surface area contributed by atoms with Crippen molar-refractivity contribution < 1.29 is 14.3 Å². The first-order chi connectivity index (χ1) is 17.4. The van der Waals surface area contributed by atoms with Crippen molar-refractivity contribution in [1.82, 2.24) is 20.6 Å². The Balaban J connectivity index is 1.49. The van der Waals surface area contributed by atoms with Crippen LogP contribution in [0, 0.1) is 0 Å². The van der Waals surface area contributed by atoms with Gasteiger partial charge in [-0.15, -0.1) is 0 Å². The summed E-state index contributed by atoms with van der Waals surface area (Å²) < 4.78 is 6.33. The molecule has 0 aliphatic carbocycles. The molecule has 0 saturated carbocycles. The van der Waals surface area contributed by atoms with Gasteiger partial charge in [-0.05, 0) is 77.8 Å². The van der Waals surface area contributed by atoms with Crippen molar-refractivity contribution in [2.75, 3.05) is 6.54 Å². The third-order valence-electron chi connectivity index (χ3n) is 5.26. The van der Waals surface area contributed by atoms with E-state index in [0.29, 0.717) is 23.0 Å². The summed E-state index contributed by atoms with van der Waals surface area (Å²) in [5.74, 6) is 0.728. The van der Waals surface area contributed by atoms with Crippen LogP contribution in [0.15, 0.2) is 83.0 Å². The van der Waals surface area contributed by atoms with E-state index in [0.717, 1.165) is 28.2 Å². The Morgan fingerprint density at radius 2 is 1.75 bits per heavy atom. The Morgan fingerprint density at radius 3 is 2.47 bits per heavy atom. The Morgan fingerprint density at radius 1 is 1.03 bits per heavy atom. The van der Waals surface area contributed by atoms with Gasteiger partial charge in [-0.1, -0.05) is 36.4 Å². The fraction of sp³-hybridized carbons (Fsp3) is 0.179. The van der Waals surface area contributed by atoms with Crippen LogP contribution < -0.4 is 15.4 Å². The molecule has 1 aromatic heterocycles. The number of amides is 2. The normalized spacial score (nSPS) is 11.5. The number of hydrogen-bond donors (Lipinski definition) is 3. The smallest absolute Gasteiger partial charge is 0.267 e. The van der Waals surface area contributed by atoms with Gasteiger partial charge in [-0.3, -0.25) is 9.59 Å². The molecule has 3 aromatic carbocycles. The Labute approximate surface area is 218 Å². The maximum absolute atomic E-state index is 13.1. The largest absolute Gasteiger partial charge is 0.491 e. The number of benzene rings is 3. The van der Waals surface area contributed by atoms with Gasteiger partial charge in [0.15, 0.2) is 0 Å². The number of nitrogens with zero attached hydrogens (tertiary/aromatic N) is 1. The van der Waals surface area contributed by atoms with Gasteiger partial charge in [-0.25, -0.2) is 4.98 Å². The molecule has 0 bridgehead atoms. The lowest BCUT2D eigenvalue weighted by atomic mass is 10.1. The van der Waals surface area contributed by atoms with Crippen molar-refractivity contribution >= 4 is 44.9 Å². The molecule has 7 nitrogen and oxygen atoms in total. The third kappa shape index (κ3) is 6.60. The summed E-state index contributed by atoms with van der Waals surface area (Å²) in [6.07, 6.45) is 2.22. The van der Waals surface area contributed by atoms with Gasteiger partial charge < -0.3 is 20.4 Å². The molecule has 8 heteroatoms. The van der Waals surface area contributed by atoms with E-state index in [1.54, 1.807) is 24.3 Å². The number of halogens is 1. The van der Waals surface area contributed by atoms with Crippen molar-refractivity contribution in [1.29, 1.82) is 0 Å². The molecule has 0 radical (unpaired) electrons. The predicted molar refractivity (Wildman–Crippen MR) is 145 cm³/mol. The first-order valence-corrected chi connectivity index (χ1v) is 12.4. The number of carbonyl (C=O) groups excluding carboxylic acids is 2. The summed E-state index contributed by atoms with van der Waals surface area (Å²) >= 11 is 3.40. The summed E-state index contributed by atoms with van der Waals surface area (Å²) in [6, 6.07) is 22.2. The summed E-state index contributed by atoms with van der Waals surface area (Å²) in [7, 11) is 0. The van der Waals surface area contributed by atoms with Crippen molar-refractivity contribution in [3.05, 3.63) is 99.9 Å². The molecular weight excluding hydrogens is 520 g/mol. The number of rotatable bonds is 9. The van der Waals surface area contributed by atoms with Crippen molar-refractivity contribution in [2.45, 2.75) is 26.4 Å². The van der Waals surface area contributed by atoms with Crippen LogP contribution >= 0.6 is 15.9 Å². The maximum Gasteiger partial charge on any atom is 0.267 e. The van der Waals surface area contributed by atoms with Gasteiger partial charge in [0.1, 0.15) is 17.3 Å². The average Bonchev–Trinajstić information content (AvgIpc) is 3.27. The van der Waals surface area contributed by atoms with Crippen LogP contribution in [0.25, 0.3) is 17.1 Å². The quantitative estimate of drug-likeness (QED) is 0.250. The lowest BCUT2D eigenvalue weighted by molar-refractivity contribution is -0.117. The van der Waals surface area contributed by atoms with Crippen LogP contribution in [0.4, 0.5) is 0 Å². The Bertz CT molecular complexity index is 1360. The van der Waals surface area contributed by atoms with E-state index in [4.69, 9.17) is 4.74 Å². The van der Waals surface area contributed by atoms with Gasteiger partial charge in [0, 0.05) is 17.4 Å². The number of nitrogens with one attached hydrogen (secondary N) is 3. The predicted octanol–water partition coefficient (Wildman–Crippen LogP) is 5.24. The highest BCUT2D eigenvalue weighted by atomic mass is 79.9. The van der Waals surface area contributed by atoms with Crippen LogP contribution in [-0.2, 0) is 11.2 Å². The molecule has 184 valence electrons. The van der Waals surface area contributed by atoms with Crippen molar-refractivity contribution in [2.24, 2.45) is 0 Å². The molecular formula is C28H27BrN4O3. The number of ether oxygens (including phenoxy) is 1. The molecule has 0 fully saturated rings. The summed E-state index contributed by atoms with van der Waals surface area (Å²) in [5.41, 5.74) is 3.15. The number of H-pyrrole nitrogens is 1. The van der Waals surface area contributed by atoms with Crippen LogP contribution in [0.3, 0.4) is 0 Å². The molecule has 4 rings (SSSR count). The Kier molecular flexibility index (Phi) is 8.17. The van der Waals surface area contributed by atoms with Gasteiger partial charge in [0.05, 0.1) is 22.7 Å². The van der Waals surface area contributed by atoms with E-state index in [2.05, 4.69) is 36.5 Å². The lowest BCUT2D eigenvalue weighted by Gasteiger charge is -2.12. The molecule has 0 saturated heterocycles. The third-order valence-corrected chi connectivity index (χ3v) is 5.95. The minimum absolute atomic E-state index is 0.0584. The number of hydrogen-bond acceptors (Lipinski definition) is 4. The van der Waals surface area contributed by atoms with Crippen LogP contribution in [0.1, 0.15) is 35.6 Å². The van der Waals surface area contributed by atoms with E-state index >= 15 is 0 Å². The number of aromatic nitrogens is 2. The molecule has 0 spiro atoms. The van der Waals surface area contributed by atoms with Crippen LogP contribution in [0.2, 0.25) is 0 Å². The number of imidazole rings is 1. The van der Waals surface area contributed by atoms with E-state index in [1.165, 1.54) is 0 Å². The highest BCUT2D eigenvalue weighted by Crippen LogP contribution is 2.18. The molecule has 2 amide bonds. The zero-order valence-electron chi connectivity index (χ0n) is 20.0. The Hall–Kier alpha value is -3.91. The molecule has 0 aliphatic heterocycles. The van der Waals surface area contributed by atoms with Gasteiger partial charge in [-0.2, -0.15) is 0 Å². The molecule has 4 aromatic rings. The minimum atomic E-state index is -0.394. The van der Waals surface area contributed by atoms with Gasteiger partial charge in [0.2, 0.25) is 0 Å². The first-order valence-electron chi connectivity index (χ1n) is 11.6. The number of carbonyl (C=O) groups is 2. The van der Waals surface area contributed by atoms with E-state index in [1.807, 2.05) is 68.4 Å². The van der Waals surface area contributed by atoms with Crippen LogP contribution in [0.5, 0.6) is 5.75 Å². The average molecular weight is 547 g/mol. The second-order valence-corrected chi connectivity index (χ2v) is 9.29. The standard InChI is InChI=1S/C28H27BrN4O3/c1-18(2)36-20-13-11-19(12-14-20)17-25(33-27(34)21-7-3-4-8-22(21)29)28(35)30-16-15-26-31-23-9-5-6-10-24(23)32-26/h3-14,17-18H,15-16H2,1-2H3,(H,30,35)(H,31,32)(H,33,34)/b25-17-. The molecule has 0 atom stereocenters. The summed E-state index contributed by atoms with van der Waals surface area (Å²) in [6.45, 7) is 4.26. The molecule has 1 heterocycles. The molecule has 0 aliphatic rings. The molecule has 0 unspecified atom stereocenters. The fourth-order valence-electron chi connectivity index (χ4n) is 3.59. The monoisotopic (exact) mass is 546 g/mol. The van der Waals surface area contributed by atoms with E-state index < -0.39 is 5.91 Å². The molecule has 3 N–H and O–H groups in total. The minimum Gasteiger partial charge on any atom is -0.491 e. The zero-order chi connectivity index (χ0) is 25.5. The van der Waals surface area contributed by atoms with Crippen LogP contribution in [-0.4, -0.2) is 34.4 Å². The number of para-hydroxylation sites is 2. The second-order valence-electron chi connectivity index (χ2n) is 8.43. The summed E-state index contributed by atoms with van der Waals surface area (Å²) in [5, 5.41) is 5.65. The van der Waals surface area contributed by atoms with Crippen molar-refractivity contribution in [3.63, 3.8) is 0 Å². The fourth-order valence-corrected chi connectivity index (χ4v) is 4.05. The zero-order valence-corrected chi connectivity index (χ0v) is 21.6. The van der Waals surface area contributed by atoms with Gasteiger partial charge >= 0.3 is 0 Å². The van der Waals surface area contributed by atoms with Gasteiger partial charge in [0.25, 0.3) is 11.8 Å². The van der Waals surface area contributed by atoms with E-state index in [9.17, 15) is 9.59 Å². The SMILES string of the molecule is CC(C)Oc1ccc(/C=C(\NC(=O)c2ccccc2Br)C(=O)NCCc2nc3ccccc3[nH]2)cc1. The molecule has 36 heavy (non-hydrogen) atoms. The highest BCUT2D eigenvalue weighted by molar-refractivity contribution is 9.10. The summed E-state index contributed by atoms with van der Waals surface area (Å²) in [4.78, 5) is 33.9. The topological polar surface area (TPSA) is 96.1 Å². The van der Waals surface area contributed by atoms with E-state index in [-0.39, 0.29) is 17.7 Å². The number of aromatic amines is 1. The van der Waals surface area contributed by atoms with Crippen molar-refractivity contribution in [3.8, 4) is 5.75 Å². The second kappa shape index (κ2) is 11.7. The first kappa shape index (κ1) is 25.2. The maximum atomic E-state index is 13.1. The highest BCUT2D eigenvalue weighted by Gasteiger charge is 2.16.